The van der Waals surface area contributed by atoms with E-state index in [1.165, 1.54) is 0 Å². The van der Waals surface area contributed by atoms with Crippen molar-refractivity contribution in [2.24, 2.45) is 5.73 Å². The normalized spacial score (nSPS) is 13.0. The number of hydrogen-bond donors (Lipinski definition) is 2. The molecule has 14 heavy (non-hydrogen) atoms. The molecule has 0 fully saturated rings. The molecule has 0 saturated heterocycles. The van der Waals surface area contributed by atoms with Crippen LogP contribution >= 0.6 is 0 Å². The maximum atomic E-state index is 5.66. The van der Waals surface area contributed by atoms with E-state index >= 15 is 0 Å². The second kappa shape index (κ2) is 3.59. The topological polar surface area (TPSA) is 85.4 Å². The first kappa shape index (κ1) is 8.89. The van der Waals surface area contributed by atoms with Gasteiger partial charge < -0.3 is 10.7 Å². The summed E-state index contributed by atoms with van der Waals surface area (Å²) in [6.07, 6.45) is 5.31. The lowest BCUT2D eigenvalue weighted by Gasteiger charge is -1.96. The van der Waals surface area contributed by atoms with Gasteiger partial charge >= 0.3 is 0 Å². The molecule has 74 valence electrons. The van der Waals surface area contributed by atoms with Gasteiger partial charge in [0.05, 0.1) is 11.9 Å². The molecule has 0 aromatic carbocycles. The van der Waals surface area contributed by atoms with E-state index in [0.717, 1.165) is 11.5 Å². The van der Waals surface area contributed by atoms with Gasteiger partial charge in [-0.25, -0.2) is 9.67 Å². The van der Waals surface area contributed by atoms with E-state index in [9.17, 15) is 0 Å². The van der Waals surface area contributed by atoms with Crippen LogP contribution < -0.4 is 5.73 Å². The minimum atomic E-state index is -0.0830. The second-order valence-electron chi connectivity index (χ2n) is 3.17. The summed E-state index contributed by atoms with van der Waals surface area (Å²) in [5, 5.41) is 7.88. The van der Waals surface area contributed by atoms with E-state index in [2.05, 4.69) is 20.3 Å². The standard InChI is InChI=1S/C8H12N6/c1-6(9)7-4-14(13-12-7)5-8-10-2-3-11-8/h2-4,6H,5,9H2,1H3,(H,10,11). The number of hydrogen-bond acceptors (Lipinski definition) is 4. The van der Waals surface area contributed by atoms with Crippen molar-refractivity contribution in [1.82, 2.24) is 25.0 Å². The fraction of sp³-hybridized carbons (Fsp3) is 0.375. The zero-order valence-electron chi connectivity index (χ0n) is 7.88. The summed E-state index contributed by atoms with van der Waals surface area (Å²) in [4.78, 5) is 7.08. The summed E-state index contributed by atoms with van der Waals surface area (Å²) >= 11 is 0. The molecular weight excluding hydrogens is 180 g/mol. The van der Waals surface area contributed by atoms with Gasteiger partial charge in [0.1, 0.15) is 12.4 Å². The van der Waals surface area contributed by atoms with Gasteiger partial charge in [-0.05, 0) is 6.92 Å². The molecule has 0 amide bonds. The van der Waals surface area contributed by atoms with Crippen molar-refractivity contribution in [3.8, 4) is 0 Å². The van der Waals surface area contributed by atoms with Crippen LogP contribution in [0.1, 0.15) is 24.5 Å². The molecule has 0 aliphatic heterocycles. The van der Waals surface area contributed by atoms with E-state index in [1.807, 2.05) is 13.1 Å². The molecule has 0 bridgehead atoms. The SMILES string of the molecule is CC(N)c1cn(Cc2ncc[nH]2)nn1. The lowest BCUT2D eigenvalue weighted by molar-refractivity contribution is 0.629. The smallest absolute Gasteiger partial charge is 0.127 e. The maximum Gasteiger partial charge on any atom is 0.127 e. The quantitative estimate of drug-likeness (QED) is 0.720. The van der Waals surface area contributed by atoms with Crippen molar-refractivity contribution in [3.63, 3.8) is 0 Å². The minimum absolute atomic E-state index is 0.0830. The van der Waals surface area contributed by atoms with Crippen LogP contribution in [0, 0.1) is 0 Å². The molecule has 2 aromatic heterocycles. The summed E-state index contributed by atoms with van der Waals surface area (Å²) < 4.78 is 1.71. The van der Waals surface area contributed by atoms with E-state index in [1.54, 1.807) is 17.1 Å². The number of nitrogens with zero attached hydrogens (tertiary/aromatic N) is 4. The number of nitrogens with one attached hydrogen (secondary N) is 1. The third-order valence-corrected chi connectivity index (χ3v) is 1.89. The predicted octanol–water partition coefficient (Wildman–Crippen LogP) is 0.0692. The summed E-state index contributed by atoms with van der Waals surface area (Å²) in [6, 6.07) is -0.0830. The molecule has 2 aromatic rings. The molecule has 0 aliphatic carbocycles. The molecule has 6 nitrogen and oxygen atoms in total. The van der Waals surface area contributed by atoms with Crippen molar-refractivity contribution in [1.29, 1.82) is 0 Å². The second-order valence-corrected chi connectivity index (χ2v) is 3.17. The van der Waals surface area contributed by atoms with Crippen LogP contribution in [0.15, 0.2) is 18.6 Å². The highest BCUT2D eigenvalue weighted by Gasteiger charge is 2.05. The highest BCUT2D eigenvalue weighted by molar-refractivity contribution is 4.99. The Morgan fingerprint density at radius 2 is 2.50 bits per heavy atom. The summed E-state index contributed by atoms with van der Waals surface area (Å²) in [5.74, 6) is 0.853. The van der Waals surface area contributed by atoms with E-state index in [0.29, 0.717) is 6.54 Å². The molecule has 2 heterocycles. The number of rotatable bonds is 3. The Labute approximate surface area is 81.1 Å². The first-order chi connectivity index (χ1) is 6.75. The third kappa shape index (κ3) is 1.80. The lowest BCUT2D eigenvalue weighted by atomic mass is 10.3. The molecule has 2 rings (SSSR count). The van der Waals surface area contributed by atoms with Crippen LogP contribution in [0.2, 0.25) is 0 Å². The Kier molecular flexibility index (Phi) is 2.28. The molecule has 0 saturated carbocycles. The summed E-state index contributed by atoms with van der Waals surface area (Å²) in [7, 11) is 0. The number of H-pyrrole nitrogens is 1. The molecule has 6 heteroatoms. The fourth-order valence-electron chi connectivity index (χ4n) is 1.14. The van der Waals surface area contributed by atoms with Crippen molar-refractivity contribution in [2.45, 2.75) is 19.5 Å². The van der Waals surface area contributed by atoms with Crippen molar-refractivity contribution >= 4 is 0 Å². The molecule has 1 atom stereocenters. The number of nitrogens with two attached hydrogens (primary N) is 1. The average Bonchev–Trinajstić information content (AvgIpc) is 2.75. The van der Waals surface area contributed by atoms with Crippen LogP contribution in [0.3, 0.4) is 0 Å². The van der Waals surface area contributed by atoms with Crippen LogP contribution in [-0.4, -0.2) is 25.0 Å². The first-order valence-corrected chi connectivity index (χ1v) is 4.39. The summed E-state index contributed by atoms with van der Waals surface area (Å²) in [6.45, 7) is 2.47. The van der Waals surface area contributed by atoms with E-state index < -0.39 is 0 Å². The zero-order chi connectivity index (χ0) is 9.97. The zero-order valence-corrected chi connectivity index (χ0v) is 7.88. The van der Waals surface area contributed by atoms with Crippen molar-refractivity contribution < 1.29 is 0 Å². The average molecular weight is 192 g/mol. The van der Waals surface area contributed by atoms with Crippen LogP contribution in [0.5, 0.6) is 0 Å². The van der Waals surface area contributed by atoms with Gasteiger partial charge in [0, 0.05) is 18.4 Å². The largest absolute Gasteiger partial charge is 0.347 e. The lowest BCUT2D eigenvalue weighted by Crippen LogP contribution is -2.05. The van der Waals surface area contributed by atoms with Gasteiger partial charge in [-0.3, -0.25) is 0 Å². The Morgan fingerprint density at radius 3 is 3.07 bits per heavy atom. The Balaban J connectivity index is 2.11. The Hall–Kier alpha value is -1.69. The minimum Gasteiger partial charge on any atom is -0.347 e. The van der Waals surface area contributed by atoms with Gasteiger partial charge in [-0.2, -0.15) is 0 Å². The molecule has 0 spiro atoms. The highest BCUT2D eigenvalue weighted by atomic mass is 15.4. The monoisotopic (exact) mass is 192 g/mol. The van der Waals surface area contributed by atoms with Gasteiger partial charge in [-0.1, -0.05) is 5.21 Å². The molecule has 0 aliphatic rings. The number of aromatic amines is 1. The highest BCUT2D eigenvalue weighted by Crippen LogP contribution is 2.04. The van der Waals surface area contributed by atoms with Gasteiger partial charge in [-0.15, -0.1) is 5.10 Å². The fourth-order valence-corrected chi connectivity index (χ4v) is 1.14. The van der Waals surface area contributed by atoms with Crippen molar-refractivity contribution in [3.05, 3.63) is 30.1 Å². The van der Waals surface area contributed by atoms with Gasteiger partial charge in [0.25, 0.3) is 0 Å². The van der Waals surface area contributed by atoms with E-state index in [4.69, 9.17) is 5.73 Å². The van der Waals surface area contributed by atoms with Gasteiger partial charge in [0.2, 0.25) is 0 Å². The molecule has 3 N–H and O–H groups in total. The molecular formula is C8H12N6. The van der Waals surface area contributed by atoms with Crippen LogP contribution in [-0.2, 0) is 6.54 Å². The molecule has 0 radical (unpaired) electrons. The van der Waals surface area contributed by atoms with Gasteiger partial charge in [0.15, 0.2) is 0 Å². The Morgan fingerprint density at radius 1 is 1.64 bits per heavy atom. The first-order valence-electron chi connectivity index (χ1n) is 4.39. The Bertz CT molecular complexity index is 388. The van der Waals surface area contributed by atoms with Crippen LogP contribution in [0.25, 0.3) is 0 Å². The molecule has 1 unspecified atom stereocenters. The summed E-state index contributed by atoms with van der Waals surface area (Å²) in [5.41, 5.74) is 6.45. The number of aromatic nitrogens is 5. The number of imidazole rings is 1. The van der Waals surface area contributed by atoms with E-state index in [-0.39, 0.29) is 6.04 Å². The van der Waals surface area contributed by atoms with Crippen LogP contribution in [0.4, 0.5) is 0 Å². The van der Waals surface area contributed by atoms with Crippen molar-refractivity contribution in [2.75, 3.05) is 0 Å². The predicted molar refractivity (Wildman–Crippen MR) is 50.3 cm³/mol. The maximum absolute atomic E-state index is 5.66. The third-order valence-electron chi connectivity index (χ3n) is 1.89.